The van der Waals surface area contributed by atoms with Crippen molar-refractivity contribution in [1.29, 1.82) is 0 Å². The van der Waals surface area contributed by atoms with Crippen molar-refractivity contribution < 1.29 is 19.1 Å². The molecule has 40 heavy (non-hydrogen) atoms. The molecule has 0 saturated heterocycles. The Labute approximate surface area is 228 Å². The second-order valence-electron chi connectivity index (χ2n) is 9.49. The first-order valence-electron chi connectivity index (χ1n) is 12.7. The molecular weight excluding hydrogens is 507 g/mol. The van der Waals surface area contributed by atoms with Crippen molar-refractivity contribution in [2.45, 2.75) is 13.0 Å². The Bertz CT molecular complexity index is 1880. The van der Waals surface area contributed by atoms with Gasteiger partial charge in [-0.15, -0.1) is 5.10 Å². The molecule has 0 bridgehead atoms. The van der Waals surface area contributed by atoms with Crippen LogP contribution in [-0.2, 0) is 13.0 Å². The Morgan fingerprint density at radius 1 is 0.850 bits per heavy atom. The highest BCUT2D eigenvalue weighted by Gasteiger charge is 2.19. The predicted molar refractivity (Wildman–Crippen MR) is 150 cm³/mol. The molecule has 0 spiro atoms. The van der Waals surface area contributed by atoms with Crippen LogP contribution in [0.15, 0.2) is 103 Å². The number of hydrogen-bond acceptors (Lipinski definition) is 4. The summed E-state index contributed by atoms with van der Waals surface area (Å²) < 4.78 is 15.8. The van der Waals surface area contributed by atoms with Gasteiger partial charge in [0.2, 0.25) is 0 Å². The predicted octanol–water partition coefficient (Wildman–Crippen LogP) is 5.91. The fraction of sp³-hybridized carbons (Fsp3) is 0.0625. The number of carboxylic acids is 1. The van der Waals surface area contributed by atoms with E-state index in [1.54, 1.807) is 28.8 Å². The van der Waals surface area contributed by atoms with Crippen LogP contribution in [0.4, 0.5) is 4.39 Å². The summed E-state index contributed by atoms with van der Waals surface area (Å²) in [5, 5.41) is 22.2. The average molecular weight is 531 g/mol. The van der Waals surface area contributed by atoms with Crippen LogP contribution < -0.4 is 5.32 Å². The number of aromatic nitrogens is 3. The topological polar surface area (TPSA) is 96.6 Å². The molecule has 0 aliphatic heterocycles. The lowest BCUT2D eigenvalue weighted by molar-refractivity contribution is 0.0696. The number of aromatic carboxylic acids is 1. The molecule has 7 nitrogen and oxygen atoms in total. The average Bonchev–Trinajstić information content (AvgIpc) is 3.38. The molecule has 0 radical (unpaired) electrons. The summed E-state index contributed by atoms with van der Waals surface area (Å²) in [5.41, 5.74) is 5.21. The summed E-state index contributed by atoms with van der Waals surface area (Å²) >= 11 is 0. The van der Waals surface area contributed by atoms with Crippen molar-refractivity contribution in [2.75, 3.05) is 0 Å². The summed E-state index contributed by atoms with van der Waals surface area (Å²) in [7, 11) is 0. The molecule has 4 aromatic carbocycles. The van der Waals surface area contributed by atoms with Crippen molar-refractivity contribution in [3.63, 3.8) is 0 Å². The lowest BCUT2D eigenvalue weighted by Gasteiger charge is -2.11. The minimum Gasteiger partial charge on any atom is -0.478 e. The molecule has 0 fully saturated rings. The highest BCUT2D eigenvalue weighted by atomic mass is 19.1. The van der Waals surface area contributed by atoms with Gasteiger partial charge in [0.15, 0.2) is 0 Å². The van der Waals surface area contributed by atoms with Crippen LogP contribution in [-0.4, -0.2) is 31.8 Å². The van der Waals surface area contributed by atoms with E-state index in [0.717, 1.165) is 27.6 Å². The largest absolute Gasteiger partial charge is 0.478 e. The molecule has 2 N–H and O–H groups in total. The van der Waals surface area contributed by atoms with E-state index >= 15 is 0 Å². The molecular formula is C32H23FN4O3. The van der Waals surface area contributed by atoms with Crippen LogP contribution in [0.2, 0.25) is 0 Å². The third-order valence-corrected chi connectivity index (χ3v) is 6.85. The maximum atomic E-state index is 14.2. The molecule has 0 atom stereocenters. The summed E-state index contributed by atoms with van der Waals surface area (Å²) in [5.74, 6) is -1.59. The van der Waals surface area contributed by atoms with E-state index in [9.17, 15) is 14.0 Å². The van der Waals surface area contributed by atoms with E-state index in [1.807, 2.05) is 60.8 Å². The third-order valence-electron chi connectivity index (χ3n) is 6.85. The molecule has 0 aliphatic rings. The number of benzene rings is 4. The lowest BCUT2D eigenvalue weighted by atomic mass is 10.0. The van der Waals surface area contributed by atoms with Crippen LogP contribution in [0.5, 0.6) is 0 Å². The third kappa shape index (κ3) is 4.90. The van der Waals surface area contributed by atoms with Gasteiger partial charge in [-0.25, -0.2) is 13.7 Å². The Hall–Kier alpha value is -5.37. The van der Waals surface area contributed by atoms with E-state index in [4.69, 9.17) is 5.11 Å². The molecule has 8 heteroatoms. The van der Waals surface area contributed by atoms with E-state index in [-0.39, 0.29) is 23.8 Å². The molecule has 0 unspecified atom stereocenters. The van der Waals surface area contributed by atoms with Gasteiger partial charge in [-0.05, 0) is 46.3 Å². The van der Waals surface area contributed by atoms with E-state index in [2.05, 4.69) is 15.6 Å². The van der Waals surface area contributed by atoms with E-state index in [1.165, 1.54) is 18.2 Å². The minimum absolute atomic E-state index is 0.179. The zero-order valence-corrected chi connectivity index (χ0v) is 21.2. The maximum Gasteiger partial charge on any atom is 0.335 e. The van der Waals surface area contributed by atoms with Gasteiger partial charge in [-0.1, -0.05) is 78.0 Å². The first-order chi connectivity index (χ1) is 19.5. The lowest BCUT2D eigenvalue weighted by Crippen LogP contribution is -2.24. The number of halogens is 1. The quantitative estimate of drug-likeness (QED) is 0.268. The van der Waals surface area contributed by atoms with E-state index in [0.29, 0.717) is 28.6 Å². The number of carbonyl (C=O) groups is 2. The Morgan fingerprint density at radius 2 is 1.62 bits per heavy atom. The van der Waals surface area contributed by atoms with Crippen molar-refractivity contribution in [3.05, 3.63) is 137 Å². The highest BCUT2D eigenvalue weighted by Crippen LogP contribution is 2.27. The Balaban J connectivity index is 1.37. The van der Waals surface area contributed by atoms with Crippen molar-refractivity contribution in [3.8, 4) is 11.1 Å². The number of amides is 1. The first-order valence-corrected chi connectivity index (χ1v) is 12.7. The summed E-state index contributed by atoms with van der Waals surface area (Å²) in [6.07, 6.45) is 2.25. The number of rotatable bonds is 7. The van der Waals surface area contributed by atoms with Crippen LogP contribution in [0.25, 0.3) is 27.4 Å². The number of fused-ring (bicyclic) bond motifs is 2. The second kappa shape index (κ2) is 10.4. The summed E-state index contributed by atoms with van der Waals surface area (Å²) in [6, 6.07) is 28.4. The van der Waals surface area contributed by atoms with Crippen LogP contribution in [0.3, 0.4) is 0 Å². The smallest absolute Gasteiger partial charge is 0.335 e. The fourth-order valence-corrected chi connectivity index (χ4v) is 4.81. The molecule has 6 rings (SSSR count). The number of carboxylic acid groups (broad SMARTS) is 1. The van der Waals surface area contributed by atoms with Crippen molar-refractivity contribution in [1.82, 2.24) is 20.1 Å². The van der Waals surface area contributed by atoms with E-state index < -0.39 is 5.97 Å². The summed E-state index contributed by atoms with van der Waals surface area (Å²) in [6.45, 7) is 0.216. The fourth-order valence-electron chi connectivity index (χ4n) is 4.81. The van der Waals surface area contributed by atoms with Gasteiger partial charge in [0.05, 0.1) is 16.8 Å². The van der Waals surface area contributed by atoms with Crippen LogP contribution in [0.1, 0.15) is 37.5 Å². The zero-order chi connectivity index (χ0) is 27.6. The summed E-state index contributed by atoms with van der Waals surface area (Å²) in [4.78, 5) is 24.7. The monoisotopic (exact) mass is 530 g/mol. The number of nitrogens with zero attached hydrogens (tertiary/aromatic N) is 3. The number of pyridine rings is 1. The van der Waals surface area contributed by atoms with Gasteiger partial charge in [0.25, 0.3) is 5.91 Å². The Kier molecular flexibility index (Phi) is 6.49. The normalized spacial score (nSPS) is 11.1. The minimum atomic E-state index is -1.01. The molecule has 6 aromatic rings. The molecule has 196 valence electrons. The Morgan fingerprint density at radius 3 is 2.40 bits per heavy atom. The zero-order valence-electron chi connectivity index (χ0n) is 21.2. The van der Waals surface area contributed by atoms with Crippen LogP contribution >= 0.6 is 0 Å². The van der Waals surface area contributed by atoms with Crippen LogP contribution in [0, 0.1) is 5.82 Å². The highest BCUT2D eigenvalue weighted by molar-refractivity contribution is 6.02. The van der Waals surface area contributed by atoms with Gasteiger partial charge >= 0.3 is 5.97 Å². The number of nitrogens with one attached hydrogen (secondary N) is 1. The number of hydrogen-bond donors (Lipinski definition) is 2. The SMILES string of the molecule is O=C(O)c1ccc(CNC(=O)c2cc(-c3ccccc3)cn3nnc(Cc4ccc5c(F)cccc5c4)c23)cc1. The molecule has 1 amide bonds. The van der Waals surface area contributed by atoms with Gasteiger partial charge < -0.3 is 10.4 Å². The van der Waals surface area contributed by atoms with Gasteiger partial charge in [0, 0.05) is 30.1 Å². The second-order valence-corrected chi connectivity index (χ2v) is 9.49. The molecule has 0 saturated carbocycles. The van der Waals surface area contributed by atoms with Crippen molar-refractivity contribution in [2.24, 2.45) is 0 Å². The molecule has 2 heterocycles. The van der Waals surface area contributed by atoms with Gasteiger partial charge in [-0.2, -0.15) is 0 Å². The van der Waals surface area contributed by atoms with Gasteiger partial charge in [-0.3, -0.25) is 4.79 Å². The first kappa shape index (κ1) is 24.9. The standard InChI is InChI=1S/C32H23FN4O3/c33-28-8-4-7-24-15-21(11-14-26(24)28)16-29-30-27(31(38)34-18-20-9-12-23(13-10-20)32(39)40)17-25(19-37(30)36-35-29)22-5-2-1-3-6-22/h1-15,17,19H,16,18H2,(H,34,38)(H,39,40). The molecule has 0 aliphatic carbocycles. The van der Waals surface area contributed by atoms with Crippen molar-refractivity contribution >= 4 is 28.2 Å². The van der Waals surface area contributed by atoms with Gasteiger partial charge in [0.1, 0.15) is 11.3 Å². The maximum absolute atomic E-state index is 14.2. The number of carbonyl (C=O) groups excluding carboxylic acids is 1. The molecule has 2 aromatic heterocycles.